The Morgan fingerprint density at radius 2 is 2.27 bits per heavy atom. The highest BCUT2D eigenvalue weighted by atomic mass is 16.3. The highest BCUT2D eigenvalue weighted by molar-refractivity contribution is 5.21. The minimum atomic E-state index is -0.144. The van der Waals surface area contributed by atoms with Gasteiger partial charge in [-0.2, -0.15) is 0 Å². The second-order valence-corrected chi connectivity index (χ2v) is 4.52. The maximum absolute atomic E-state index is 9.66. The first kappa shape index (κ1) is 10.7. The largest absolute Gasteiger partial charge is 0.392 e. The van der Waals surface area contributed by atoms with E-state index in [-0.39, 0.29) is 6.10 Å². The number of aliphatic hydroxyl groups excluding tert-OH is 1. The average Bonchev–Trinajstić information content (AvgIpc) is 3.00. The molecule has 15 heavy (non-hydrogen) atoms. The summed E-state index contributed by atoms with van der Waals surface area (Å²) in [4.78, 5) is 0. The van der Waals surface area contributed by atoms with Gasteiger partial charge < -0.3 is 10.4 Å². The highest BCUT2D eigenvalue weighted by Gasteiger charge is 2.28. The van der Waals surface area contributed by atoms with Gasteiger partial charge in [0.2, 0.25) is 0 Å². The molecule has 0 bridgehead atoms. The van der Waals surface area contributed by atoms with E-state index in [0.717, 1.165) is 13.1 Å². The number of aryl methyl sites for hydroxylation is 1. The molecule has 2 N–H and O–H groups in total. The van der Waals surface area contributed by atoms with Crippen LogP contribution >= 0.6 is 0 Å². The fraction of sp³-hybridized carbons (Fsp3) is 0.538. The Balaban J connectivity index is 1.73. The lowest BCUT2D eigenvalue weighted by Crippen LogP contribution is -2.27. The Kier molecular flexibility index (Phi) is 3.39. The summed E-state index contributed by atoms with van der Waals surface area (Å²) in [5.41, 5.74) is 2.58. The van der Waals surface area contributed by atoms with Crippen molar-refractivity contribution in [3.05, 3.63) is 35.4 Å². The van der Waals surface area contributed by atoms with E-state index in [2.05, 4.69) is 36.5 Å². The van der Waals surface area contributed by atoms with E-state index in [1.54, 1.807) is 0 Å². The molecule has 0 spiro atoms. The second-order valence-electron chi connectivity index (χ2n) is 4.52. The van der Waals surface area contributed by atoms with Crippen LogP contribution in [-0.2, 0) is 6.54 Å². The van der Waals surface area contributed by atoms with Crippen molar-refractivity contribution in [2.45, 2.75) is 32.4 Å². The third-order valence-electron chi connectivity index (χ3n) is 2.93. The molecule has 0 saturated heterocycles. The molecular formula is C13H19NO. The predicted octanol–water partition coefficient (Wildman–Crippen LogP) is 1.86. The molecule has 2 nitrogen and oxygen atoms in total. The molecule has 1 aromatic rings. The molecule has 2 heteroatoms. The van der Waals surface area contributed by atoms with Gasteiger partial charge in [-0.15, -0.1) is 0 Å². The van der Waals surface area contributed by atoms with Gasteiger partial charge in [-0.3, -0.25) is 0 Å². The van der Waals surface area contributed by atoms with E-state index < -0.39 is 0 Å². The predicted molar refractivity (Wildman–Crippen MR) is 61.6 cm³/mol. The molecule has 1 unspecified atom stereocenters. The minimum Gasteiger partial charge on any atom is -0.392 e. The van der Waals surface area contributed by atoms with Gasteiger partial charge in [-0.25, -0.2) is 0 Å². The van der Waals surface area contributed by atoms with Crippen LogP contribution in [0.3, 0.4) is 0 Å². The molecule has 1 saturated carbocycles. The number of benzene rings is 1. The fourth-order valence-corrected chi connectivity index (χ4v) is 1.83. The zero-order chi connectivity index (χ0) is 10.7. The molecule has 0 aliphatic heterocycles. The summed E-state index contributed by atoms with van der Waals surface area (Å²) < 4.78 is 0. The van der Waals surface area contributed by atoms with Gasteiger partial charge in [-0.1, -0.05) is 29.8 Å². The third-order valence-corrected chi connectivity index (χ3v) is 2.93. The van der Waals surface area contributed by atoms with Gasteiger partial charge in [0.25, 0.3) is 0 Å². The summed E-state index contributed by atoms with van der Waals surface area (Å²) in [6.07, 6.45) is 2.26. The van der Waals surface area contributed by atoms with Crippen molar-refractivity contribution in [1.82, 2.24) is 5.32 Å². The highest BCUT2D eigenvalue weighted by Crippen LogP contribution is 2.32. The number of aliphatic hydroxyl groups is 1. The second kappa shape index (κ2) is 4.77. The maximum Gasteiger partial charge on any atom is 0.0692 e. The quantitative estimate of drug-likeness (QED) is 0.769. The summed E-state index contributed by atoms with van der Waals surface area (Å²) >= 11 is 0. The van der Waals surface area contributed by atoms with Crippen molar-refractivity contribution < 1.29 is 5.11 Å². The number of rotatable bonds is 5. The molecule has 0 amide bonds. The van der Waals surface area contributed by atoms with Gasteiger partial charge in [0.15, 0.2) is 0 Å². The van der Waals surface area contributed by atoms with Crippen LogP contribution in [0.4, 0.5) is 0 Å². The lowest BCUT2D eigenvalue weighted by molar-refractivity contribution is 0.148. The molecule has 0 heterocycles. The van der Waals surface area contributed by atoms with E-state index >= 15 is 0 Å². The van der Waals surface area contributed by atoms with E-state index in [0.29, 0.717) is 5.92 Å². The van der Waals surface area contributed by atoms with E-state index in [1.165, 1.54) is 24.0 Å². The van der Waals surface area contributed by atoms with E-state index in [9.17, 15) is 5.11 Å². The SMILES string of the molecule is Cc1cccc(CNCC(O)C2CC2)c1. The molecule has 0 radical (unpaired) electrons. The van der Waals surface area contributed by atoms with E-state index in [4.69, 9.17) is 0 Å². The molecule has 0 aromatic heterocycles. The lowest BCUT2D eigenvalue weighted by atomic mass is 10.1. The molecule has 82 valence electrons. The summed E-state index contributed by atoms with van der Waals surface area (Å²) in [6.45, 7) is 3.67. The Labute approximate surface area is 91.3 Å². The molecule has 1 aromatic carbocycles. The van der Waals surface area contributed by atoms with Gasteiger partial charge in [-0.05, 0) is 31.2 Å². The Morgan fingerprint density at radius 1 is 1.47 bits per heavy atom. The van der Waals surface area contributed by atoms with Crippen LogP contribution < -0.4 is 5.32 Å². The van der Waals surface area contributed by atoms with Crippen LogP contribution in [0.15, 0.2) is 24.3 Å². The van der Waals surface area contributed by atoms with Crippen LogP contribution in [0.25, 0.3) is 0 Å². The molecule has 2 rings (SSSR count). The van der Waals surface area contributed by atoms with Crippen LogP contribution in [0.1, 0.15) is 24.0 Å². The summed E-state index contributed by atoms with van der Waals surface area (Å²) in [5.74, 6) is 0.565. The van der Waals surface area contributed by atoms with Crippen molar-refractivity contribution in [3.8, 4) is 0 Å². The summed E-state index contributed by atoms with van der Waals surface area (Å²) in [6, 6.07) is 8.46. The van der Waals surface area contributed by atoms with Crippen molar-refractivity contribution in [3.63, 3.8) is 0 Å². The first-order chi connectivity index (χ1) is 7.25. The molecule has 1 aliphatic carbocycles. The Hall–Kier alpha value is -0.860. The van der Waals surface area contributed by atoms with Crippen molar-refractivity contribution in [2.75, 3.05) is 6.54 Å². The smallest absolute Gasteiger partial charge is 0.0692 e. The zero-order valence-electron chi connectivity index (χ0n) is 9.24. The molecular weight excluding hydrogens is 186 g/mol. The number of hydrogen-bond acceptors (Lipinski definition) is 2. The van der Waals surface area contributed by atoms with Gasteiger partial charge in [0, 0.05) is 13.1 Å². The minimum absolute atomic E-state index is 0.144. The molecule has 1 fully saturated rings. The van der Waals surface area contributed by atoms with E-state index in [1.807, 2.05) is 0 Å². The van der Waals surface area contributed by atoms with Crippen LogP contribution in [0.5, 0.6) is 0 Å². The zero-order valence-corrected chi connectivity index (χ0v) is 9.24. The number of hydrogen-bond donors (Lipinski definition) is 2. The lowest BCUT2D eigenvalue weighted by Gasteiger charge is -2.10. The summed E-state index contributed by atoms with van der Waals surface area (Å²) in [5, 5.41) is 13.0. The van der Waals surface area contributed by atoms with Crippen LogP contribution in [-0.4, -0.2) is 17.8 Å². The van der Waals surface area contributed by atoms with Gasteiger partial charge in [0.1, 0.15) is 0 Å². The molecule has 1 atom stereocenters. The number of nitrogens with one attached hydrogen (secondary N) is 1. The third kappa shape index (κ3) is 3.33. The van der Waals surface area contributed by atoms with Gasteiger partial charge >= 0.3 is 0 Å². The Bertz CT molecular complexity index is 320. The van der Waals surface area contributed by atoms with Crippen LogP contribution in [0.2, 0.25) is 0 Å². The first-order valence-electron chi connectivity index (χ1n) is 5.70. The first-order valence-corrected chi connectivity index (χ1v) is 5.70. The van der Waals surface area contributed by atoms with Crippen molar-refractivity contribution in [1.29, 1.82) is 0 Å². The van der Waals surface area contributed by atoms with Crippen molar-refractivity contribution in [2.24, 2.45) is 5.92 Å². The fourth-order valence-electron chi connectivity index (χ4n) is 1.83. The van der Waals surface area contributed by atoms with Crippen molar-refractivity contribution >= 4 is 0 Å². The maximum atomic E-state index is 9.66. The average molecular weight is 205 g/mol. The standard InChI is InChI=1S/C13H19NO/c1-10-3-2-4-11(7-10)8-14-9-13(15)12-5-6-12/h2-4,7,12-15H,5-6,8-9H2,1H3. The van der Waals surface area contributed by atoms with Crippen LogP contribution in [0, 0.1) is 12.8 Å². The summed E-state index contributed by atoms with van der Waals surface area (Å²) in [7, 11) is 0. The van der Waals surface area contributed by atoms with Gasteiger partial charge in [0.05, 0.1) is 6.10 Å². The Morgan fingerprint density at radius 3 is 2.93 bits per heavy atom. The topological polar surface area (TPSA) is 32.3 Å². The molecule has 1 aliphatic rings. The normalized spacial score (nSPS) is 17.7. The monoisotopic (exact) mass is 205 g/mol.